The minimum absolute atomic E-state index is 0.0996. The second-order valence-corrected chi connectivity index (χ2v) is 10.1. The van der Waals surface area contributed by atoms with Crippen LogP contribution in [0.15, 0.2) is 36.5 Å². The molecule has 1 amide bonds. The van der Waals surface area contributed by atoms with Crippen LogP contribution in [0.25, 0.3) is 0 Å². The van der Waals surface area contributed by atoms with Crippen molar-refractivity contribution in [2.45, 2.75) is 64.7 Å². The minimum atomic E-state index is -0.263. The van der Waals surface area contributed by atoms with E-state index in [1.807, 2.05) is 28.6 Å². The monoisotopic (exact) mass is 423 g/mol. The van der Waals surface area contributed by atoms with E-state index in [2.05, 4.69) is 37.1 Å². The van der Waals surface area contributed by atoms with E-state index in [0.29, 0.717) is 18.9 Å². The summed E-state index contributed by atoms with van der Waals surface area (Å²) in [7, 11) is 0. The van der Waals surface area contributed by atoms with E-state index < -0.39 is 0 Å². The van der Waals surface area contributed by atoms with Gasteiger partial charge in [0.2, 0.25) is 5.91 Å². The molecule has 1 aromatic heterocycles. The van der Waals surface area contributed by atoms with Crippen LogP contribution in [-0.2, 0) is 16.1 Å². The van der Waals surface area contributed by atoms with Crippen molar-refractivity contribution < 1.29 is 14.3 Å². The van der Waals surface area contributed by atoms with E-state index in [1.54, 1.807) is 6.20 Å². The maximum absolute atomic E-state index is 12.8. The molecule has 2 atom stereocenters. The number of benzene rings is 1. The fraction of sp³-hybridized carbons (Fsp3) is 0.600. The van der Waals surface area contributed by atoms with E-state index in [1.165, 1.54) is 5.56 Å². The maximum atomic E-state index is 12.8. The molecular formula is C25H33N3O3. The number of carbonyl (C=O) groups is 1. The normalized spacial score (nSPS) is 26.1. The van der Waals surface area contributed by atoms with Gasteiger partial charge in [-0.3, -0.25) is 9.48 Å². The summed E-state index contributed by atoms with van der Waals surface area (Å²) in [6.45, 7) is 9.46. The predicted molar refractivity (Wildman–Crippen MR) is 118 cm³/mol. The number of carbonyl (C=O) groups excluding carboxylic acids is 1. The largest absolute Gasteiger partial charge is 0.487 e. The fourth-order valence-electron chi connectivity index (χ4n) is 5.67. The van der Waals surface area contributed by atoms with Gasteiger partial charge >= 0.3 is 0 Å². The van der Waals surface area contributed by atoms with Crippen LogP contribution in [0.1, 0.15) is 56.9 Å². The molecule has 2 saturated heterocycles. The molecule has 4 heterocycles. The number of aromatic nitrogens is 2. The van der Waals surface area contributed by atoms with E-state index in [9.17, 15) is 4.79 Å². The molecule has 0 radical (unpaired) electrons. The molecule has 0 unspecified atom stereocenters. The van der Waals surface area contributed by atoms with Gasteiger partial charge in [0.05, 0.1) is 12.7 Å². The lowest BCUT2D eigenvalue weighted by Gasteiger charge is -2.54. The number of piperidine rings is 1. The van der Waals surface area contributed by atoms with Crippen LogP contribution in [0.5, 0.6) is 5.75 Å². The van der Waals surface area contributed by atoms with Gasteiger partial charge in [-0.15, -0.1) is 0 Å². The molecule has 6 nitrogen and oxygen atoms in total. The Morgan fingerprint density at radius 1 is 1.19 bits per heavy atom. The molecule has 0 N–H and O–H groups in total. The number of fused-ring (bicyclic) bond motifs is 3. The van der Waals surface area contributed by atoms with Gasteiger partial charge < -0.3 is 14.4 Å². The molecule has 5 rings (SSSR count). The highest BCUT2D eigenvalue weighted by molar-refractivity contribution is 5.76. The molecule has 0 aliphatic carbocycles. The topological polar surface area (TPSA) is 56.6 Å². The van der Waals surface area contributed by atoms with Crippen molar-refractivity contribution in [3.8, 4) is 5.75 Å². The minimum Gasteiger partial charge on any atom is -0.487 e. The number of amides is 1. The summed E-state index contributed by atoms with van der Waals surface area (Å²) in [5.74, 6) is 1.51. The van der Waals surface area contributed by atoms with Crippen molar-refractivity contribution in [2.24, 2.45) is 11.3 Å². The number of likely N-dealkylation sites (tertiary alicyclic amines) is 1. The van der Waals surface area contributed by atoms with Crippen molar-refractivity contribution in [1.82, 2.24) is 14.7 Å². The summed E-state index contributed by atoms with van der Waals surface area (Å²) < 4.78 is 14.9. The molecule has 2 aromatic rings. The summed E-state index contributed by atoms with van der Waals surface area (Å²) >= 11 is 0. The molecule has 3 aliphatic rings. The lowest BCUT2D eigenvalue weighted by atomic mass is 9.64. The zero-order chi connectivity index (χ0) is 21.6. The number of hydrogen-bond acceptors (Lipinski definition) is 4. The molecule has 1 aromatic carbocycles. The van der Waals surface area contributed by atoms with Crippen molar-refractivity contribution in [1.29, 1.82) is 0 Å². The lowest BCUT2D eigenvalue weighted by molar-refractivity contribution is -0.176. The lowest BCUT2D eigenvalue weighted by Crippen LogP contribution is -2.54. The number of aryl methyl sites for hydroxylation is 2. The summed E-state index contributed by atoms with van der Waals surface area (Å²) in [5, 5.41) is 4.29. The van der Waals surface area contributed by atoms with Crippen LogP contribution >= 0.6 is 0 Å². The Kier molecular flexibility index (Phi) is 5.08. The van der Waals surface area contributed by atoms with E-state index in [0.717, 1.165) is 50.4 Å². The van der Waals surface area contributed by atoms with E-state index >= 15 is 0 Å². The Balaban J connectivity index is 1.22. The van der Waals surface area contributed by atoms with Gasteiger partial charge in [-0.05, 0) is 57.6 Å². The Hall–Kier alpha value is -2.34. The van der Waals surface area contributed by atoms with Gasteiger partial charge in [-0.25, -0.2) is 0 Å². The van der Waals surface area contributed by atoms with Crippen LogP contribution in [0.3, 0.4) is 0 Å². The number of hydrogen-bond donors (Lipinski definition) is 0. The third kappa shape index (κ3) is 3.75. The van der Waals surface area contributed by atoms with Crippen LogP contribution in [-0.4, -0.2) is 45.9 Å². The Bertz CT molecular complexity index is 958. The van der Waals surface area contributed by atoms with Crippen LogP contribution < -0.4 is 4.74 Å². The summed E-state index contributed by atoms with van der Waals surface area (Å²) in [6.07, 6.45) is 5.49. The number of nitrogens with zero attached hydrogens (tertiary/aromatic N) is 3. The first-order valence-electron chi connectivity index (χ1n) is 11.5. The molecule has 0 saturated carbocycles. The molecule has 0 bridgehead atoms. The third-order valence-electron chi connectivity index (χ3n) is 7.72. The quantitative estimate of drug-likeness (QED) is 0.745. The highest BCUT2D eigenvalue weighted by atomic mass is 16.5. The third-order valence-corrected chi connectivity index (χ3v) is 7.72. The molecule has 3 aliphatic heterocycles. The van der Waals surface area contributed by atoms with Crippen molar-refractivity contribution in [2.75, 3.05) is 19.7 Å². The van der Waals surface area contributed by atoms with Gasteiger partial charge in [0, 0.05) is 49.4 Å². The summed E-state index contributed by atoms with van der Waals surface area (Å²) in [4.78, 5) is 14.8. The highest BCUT2D eigenvalue weighted by Crippen LogP contribution is 2.55. The second-order valence-electron chi connectivity index (χ2n) is 10.1. The molecule has 2 fully saturated rings. The first-order valence-corrected chi connectivity index (χ1v) is 11.5. The van der Waals surface area contributed by atoms with Crippen molar-refractivity contribution in [3.05, 3.63) is 47.8 Å². The SMILES string of the molecule is Cc1ccnn1CCC(=O)N1CCC2(CC1)CO[C@@H]1c3ccccc3OC(C)(C)[C@H]1C2. The van der Waals surface area contributed by atoms with Gasteiger partial charge in [0.1, 0.15) is 11.4 Å². The number of ether oxygens (including phenoxy) is 2. The number of para-hydroxylation sites is 1. The number of rotatable bonds is 3. The summed E-state index contributed by atoms with van der Waals surface area (Å²) in [5.41, 5.74) is 2.16. The summed E-state index contributed by atoms with van der Waals surface area (Å²) in [6, 6.07) is 10.3. The average molecular weight is 424 g/mol. The Morgan fingerprint density at radius 3 is 2.71 bits per heavy atom. The van der Waals surface area contributed by atoms with Crippen LogP contribution in [0.4, 0.5) is 0 Å². The Morgan fingerprint density at radius 2 is 1.97 bits per heavy atom. The second kappa shape index (κ2) is 7.66. The first-order chi connectivity index (χ1) is 14.9. The maximum Gasteiger partial charge on any atom is 0.224 e. The van der Waals surface area contributed by atoms with Gasteiger partial charge in [-0.1, -0.05) is 18.2 Å². The molecule has 166 valence electrons. The zero-order valence-corrected chi connectivity index (χ0v) is 18.8. The van der Waals surface area contributed by atoms with Gasteiger partial charge in [0.15, 0.2) is 0 Å². The van der Waals surface area contributed by atoms with E-state index in [-0.39, 0.29) is 23.0 Å². The predicted octanol–water partition coefficient (Wildman–Crippen LogP) is 4.14. The first kappa shape index (κ1) is 20.6. The van der Waals surface area contributed by atoms with Crippen LogP contribution in [0.2, 0.25) is 0 Å². The van der Waals surface area contributed by atoms with Crippen molar-refractivity contribution in [3.63, 3.8) is 0 Å². The van der Waals surface area contributed by atoms with E-state index in [4.69, 9.17) is 9.47 Å². The smallest absolute Gasteiger partial charge is 0.224 e. The van der Waals surface area contributed by atoms with Gasteiger partial charge in [0.25, 0.3) is 0 Å². The molecule has 31 heavy (non-hydrogen) atoms. The molecule has 6 heteroatoms. The highest BCUT2D eigenvalue weighted by Gasteiger charge is 2.52. The standard InChI is InChI=1S/C25H33N3O3/c1-18-8-12-26-28(18)13-9-22(29)27-14-10-25(11-15-27)16-20-23(30-17-25)19-6-4-5-7-21(19)31-24(20,2)3/h4-8,12,20,23H,9-11,13-17H2,1-3H3/t20-,23+/m0/s1. The average Bonchev–Trinajstić information content (AvgIpc) is 3.17. The van der Waals surface area contributed by atoms with Crippen molar-refractivity contribution >= 4 is 5.91 Å². The zero-order valence-electron chi connectivity index (χ0n) is 18.8. The molecule has 1 spiro atoms. The Labute approximate surface area is 184 Å². The van der Waals surface area contributed by atoms with Gasteiger partial charge in [-0.2, -0.15) is 5.10 Å². The fourth-order valence-corrected chi connectivity index (χ4v) is 5.67. The van der Waals surface area contributed by atoms with Crippen LogP contribution in [0, 0.1) is 18.3 Å². The molecular weight excluding hydrogens is 390 g/mol.